The van der Waals surface area contributed by atoms with Crippen molar-refractivity contribution in [1.82, 2.24) is 0 Å². The molecule has 24 heavy (non-hydrogen) atoms. The van der Waals surface area contributed by atoms with Gasteiger partial charge in [-0.05, 0) is 30.3 Å². The number of halogens is 3. The lowest BCUT2D eigenvalue weighted by atomic mass is 10.1. The van der Waals surface area contributed by atoms with Crippen LogP contribution in [0, 0.1) is 10.1 Å². The first-order valence-corrected chi connectivity index (χ1v) is 6.67. The van der Waals surface area contributed by atoms with Crippen molar-refractivity contribution in [3.8, 4) is 0 Å². The van der Waals surface area contributed by atoms with Gasteiger partial charge < -0.3 is 10.6 Å². The Kier molecular flexibility index (Phi) is 4.72. The average molecular weight is 339 g/mol. The van der Waals surface area contributed by atoms with Crippen molar-refractivity contribution in [3.05, 3.63) is 63.7 Å². The molecule has 6 nitrogen and oxygen atoms in total. The van der Waals surface area contributed by atoms with Crippen LogP contribution in [0.3, 0.4) is 0 Å². The zero-order valence-electron chi connectivity index (χ0n) is 12.3. The molecule has 0 bridgehead atoms. The second-order valence-electron chi connectivity index (χ2n) is 4.77. The Morgan fingerprint density at radius 3 is 2.46 bits per heavy atom. The molecule has 0 aromatic heterocycles. The SMILES string of the molecule is CNc1ccc(C(=O)Nc2cccc(C(F)(F)F)c2)cc1[N+](=O)[O-]. The van der Waals surface area contributed by atoms with Gasteiger partial charge in [0.1, 0.15) is 5.69 Å². The molecule has 0 spiro atoms. The van der Waals surface area contributed by atoms with Crippen molar-refractivity contribution >= 4 is 23.0 Å². The Labute approximate surface area is 134 Å². The van der Waals surface area contributed by atoms with Gasteiger partial charge in [-0.15, -0.1) is 0 Å². The van der Waals surface area contributed by atoms with Crippen LogP contribution in [0.5, 0.6) is 0 Å². The molecule has 0 aliphatic heterocycles. The zero-order chi connectivity index (χ0) is 17.9. The van der Waals surface area contributed by atoms with E-state index in [9.17, 15) is 28.1 Å². The summed E-state index contributed by atoms with van der Waals surface area (Å²) in [6.45, 7) is 0. The number of amides is 1. The molecular formula is C15H12F3N3O3. The van der Waals surface area contributed by atoms with Crippen LogP contribution in [0.2, 0.25) is 0 Å². The summed E-state index contributed by atoms with van der Waals surface area (Å²) in [5.74, 6) is -0.750. The van der Waals surface area contributed by atoms with Crippen molar-refractivity contribution in [3.63, 3.8) is 0 Å². The maximum absolute atomic E-state index is 12.7. The highest BCUT2D eigenvalue weighted by Crippen LogP contribution is 2.31. The minimum absolute atomic E-state index is 0.0434. The van der Waals surface area contributed by atoms with Crippen molar-refractivity contribution in [2.24, 2.45) is 0 Å². The fraction of sp³-hybridized carbons (Fsp3) is 0.133. The predicted octanol–water partition coefficient (Wildman–Crippen LogP) is 3.91. The normalized spacial score (nSPS) is 11.0. The summed E-state index contributed by atoms with van der Waals surface area (Å²) >= 11 is 0. The van der Waals surface area contributed by atoms with Crippen LogP contribution in [-0.4, -0.2) is 17.9 Å². The van der Waals surface area contributed by atoms with Gasteiger partial charge >= 0.3 is 6.18 Å². The van der Waals surface area contributed by atoms with E-state index in [2.05, 4.69) is 10.6 Å². The molecule has 0 heterocycles. The molecule has 0 radical (unpaired) electrons. The summed E-state index contributed by atoms with van der Waals surface area (Å²) < 4.78 is 38.0. The number of anilines is 2. The third kappa shape index (κ3) is 3.80. The number of nitrogens with one attached hydrogen (secondary N) is 2. The fourth-order valence-electron chi connectivity index (χ4n) is 2.01. The molecule has 1 amide bonds. The van der Waals surface area contributed by atoms with E-state index in [4.69, 9.17) is 0 Å². The fourth-order valence-corrected chi connectivity index (χ4v) is 2.01. The van der Waals surface area contributed by atoms with Crippen molar-refractivity contribution in [1.29, 1.82) is 0 Å². The number of nitro groups is 1. The lowest BCUT2D eigenvalue weighted by Crippen LogP contribution is -2.13. The third-order valence-corrected chi connectivity index (χ3v) is 3.17. The van der Waals surface area contributed by atoms with Gasteiger partial charge in [0.25, 0.3) is 11.6 Å². The van der Waals surface area contributed by atoms with Gasteiger partial charge in [-0.25, -0.2) is 0 Å². The van der Waals surface area contributed by atoms with Crippen LogP contribution in [0.4, 0.5) is 30.2 Å². The van der Waals surface area contributed by atoms with E-state index >= 15 is 0 Å². The van der Waals surface area contributed by atoms with Crippen molar-refractivity contribution < 1.29 is 22.9 Å². The van der Waals surface area contributed by atoms with E-state index in [0.29, 0.717) is 0 Å². The second kappa shape index (κ2) is 6.57. The Balaban J connectivity index is 2.27. The Morgan fingerprint density at radius 2 is 1.88 bits per heavy atom. The van der Waals surface area contributed by atoms with Crippen LogP contribution in [0.25, 0.3) is 0 Å². The number of benzene rings is 2. The van der Waals surface area contributed by atoms with Gasteiger partial charge in [0, 0.05) is 24.4 Å². The molecular weight excluding hydrogens is 327 g/mol. The van der Waals surface area contributed by atoms with Crippen LogP contribution in [-0.2, 0) is 6.18 Å². The van der Waals surface area contributed by atoms with Crippen LogP contribution < -0.4 is 10.6 Å². The summed E-state index contributed by atoms with van der Waals surface area (Å²) in [6.07, 6.45) is -4.53. The Bertz CT molecular complexity index is 791. The van der Waals surface area contributed by atoms with Gasteiger partial charge in [0.2, 0.25) is 0 Å². The second-order valence-corrected chi connectivity index (χ2v) is 4.77. The summed E-state index contributed by atoms with van der Waals surface area (Å²) in [4.78, 5) is 22.4. The van der Waals surface area contributed by atoms with Crippen LogP contribution >= 0.6 is 0 Å². The lowest BCUT2D eigenvalue weighted by Gasteiger charge is -2.10. The van der Waals surface area contributed by atoms with Crippen molar-refractivity contribution in [2.75, 3.05) is 17.7 Å². The highest BCUT2D eigenvalue weighted by atomic mass is 19.4. The predicted molar refractivity (Wildman–Crippen MR) is 82.0 cm³/mol. The third-order valence-electron chi connectivity index (χ3n) is 3.17. The molecule has 2 rings (SSSR count). The molecule has 0 fully saturated rings. The first-order chi connectivity index (χ1) is 11.2. The number of hydrogen-bond acceptors (Lipinski definition) is 4. The molecule has 2 aromatic rings. The minimum Gasteiger partial charge on any atom is -0.383 e. The molecule has 126 valence electrons. The topological polar surface area (TPSA) is 84.3 Å². The van der Waals surface area contributed by atoms with Gasteiger partial charge in [-0.3, -0.25) is 14.9 Å². The largest absolute Gasteiger partial charge is 0.416 e. The molecule has 0 aliphatic carbocycles. The number of carbonyl (C=O) groups is 1. The summed E-state index contributed by atoms with van der Waals surface area (Å²) in [5.41, 5.74) is -1.10. The number of hydrogen-bond donors (Lipinski definition) is 2. The van der Waals surface area contributed by atoms with Gasteiger partial charge in [-0.2, -0.15) is 13.2 Å². The summed E-state index contributed by atoms with van der Waals surface area (Å²) in [7, 11) is 1.49. The van der Waals surface area contributed by atoms with E-state index in [1.807, 2.05) is 0 Å². The molecule has 9 heteroatoms. The zero-order valence-corrected chi connectivity index (χ0v) is 12.3. The average Bonchev–Trinajstić information content (AvgIpc) is 2.53. The highest BCUT2D eigenvalue weighted by Gasteiger charge is 2.30. The van der Waals surface area contributed by atoms with Gasteiger partial charge in [-0.1, -0.05) is 6.07 Å². The number of carbonyl (C=O) groups excluding carboxylic acids is 1. The van der Waals surface area contributed by atoms with E-state index in [1.165, 1.54) is 25.2 Å². The van der Waals surface area contributed by atoms with Gasteiger partial charge in [0.15, 0.2) is 0 Å². The molecule has 0 saturated heterocycles. The molecule has 2 N–H and O–H groups in total. The Hall–Kier alpha value is -3.10. The van der Waals surface area contributed by atoms with E-state index in [-0.39, 0.29) is 22.6 Å². The van der Waals surface area contributed by atoms with E-state index < -0.39 is 22.6 Å². The van der Waals surface area contributed by atoms with E-state index in [0.717, 1.165) is 24.3 Å². The molecule has 0 saturated carbocycles. The van der Waals surface area contributed by atoms with Crippen LogP contribution in [0.1, 0.15) is 15.9 Å². The van der Waals surface area contributed by atoms with Crippen LogP contribution in [0.15, 0.2) is 42.5 Å². The van der Waals surface area contributed by atoms with E-state index in [1.54, 1.807) is 0 Å². The highest BCUT2D eigenvalue weighted by molar-refractivity contribution is 6.05. The molecule has 0 aliphatic rings. The summed E-state index contributed by atoms with van der Waals surface area (Å²) in [5, 5.41) is 15.9. The maximum Gasteiger partial charge on any atom is 0.416 e. The monoisotopic (exact) mass is 339 g/mol. The minimum atomic E-state index is -4.53. The first-order valence-electron chi connectivity index (χ1n) is 6.67. The smallest absolute Gasteiger partial charge is 0.383 e. The number of nitrogens with zero attached hydrogens (tertiary/aromatic N) is 1. The number of alkyl halides is 3. The first kappa shape index (κ1) is 17.3. The van der Waals surface area contributed by atoms with Gasteiger partial charge in [0.05, 0.1) is 10.5 Å². The standard InChI is InChI=1S/C15H12F3N3O3/c1-19-12-6-5-9(7-13(12)21(23)24)14(22)20-11-4-2-3-10(8-11)15(16,17)18/h2-8,19H,1H3,(H,20,22). The van der Waals surface area contributed by atoms with Crippen molar-refractivity contribution in [2.45, 2.75) is 6.18 Å². The Morgan fingerprint density at radius 1 is 1.17 bits per heavy atom. The molecule has 0 atom stereocenters. The lowest BCUT2D eigenvalue weighted by molar-refractivity contribution is -0.384. The molecule has 0 unspecified atom stereocenters. The number of nitro benzene ring substituents is 1. The quantitative estimate of drug-likeness (QED) is 0.653. The number of rotatable bonds is 4. The molecule has 2 aromatic carbocycles. The maximum atomic E-state index is 12.7. The summed E-state index contributed by atoms with van der Waals surface area (Å²) in [6, 6.07) is 7.85.